The summed E-state index contributed by atoms with van der Waals surface area (Å²) in [5, 5.41) is 9.23. The molecule has 2 aliphatic rings. The van der Waals surface area contributed by atoms with Crippen LogP contribution in [0.3, 0.4) is 0 Å². The summed E-state index contributed by atoms with van der Waals surface area (Å²) in [5.41, 5.74) is 0. The van der Waals surface area contributed by atoms with Crippen LogP contribution in [0, 0.1) is 11.8 Å². The summed E-state index contributed by atoms with van der Waals surface area (Å²) in [7, 11) is 1.74. The van der Waals surface area contributed by atoms with Gasteiger partial charge in [0.1, 0.15) is 0 Å². The molecule has 2 heterocycles. The van der Waals surface area contributed by atoms with Crippen LogP contribution in [0.1, 0.15) is 26.2 Å². The second-order valence-electron chi connectivity index (χ2n) is 5.64. The molecule has 5 heteroatoms. The summed E-state index contributed by atoms with van der Waals surface area (Å²) in [5.74, 6) is 0.137. The first-order chi connectivity index (χ1) is 8.52. The van der Waals surface area contributed by atoms with E-state index in [1.165, 1.54) is 0 Å². The minimum absolute atomic E-state index is 0.0525. The van der Waals surface area contributed by atoms with Gasteiger partial charge in [0.25, 0.3) is 0 Å². The fourth-order valence-corrected chi connectivity index (χ4v) is 2.90. The number of aliphatic hydroxyl groups excluding tert-OH is 1. The van der Waals surface area contributed by atoms with Crippen LogP contribution in [0.5, 0.6) is 0 Å². The average Bonchev–Trinajstić information content (AvgIpc) is 2.69. The lowest BCUT2D eigenvalue weighted by atomic mass is 9.92. The van der Waals surface area contributed by atoms with Gasteiger partial charge in [-0.1, -0.05) is 0 Å². The van der Waals surface area contributed by atoms with E-state index in [-0.39, 0.29) is 36.3 Å². The van der Waals surface area contributed by atoms with Crippen molar-refractivity contribution < 1.29 is 14.7 Å². The Morgan fingerprint density at radius 3 is 2.67 bits per heavy atom. The Hall–Kier alpha value is -1.10. The third kappa shape index (κ3) is 2.51. The van der Waals surface area contributed by atoms with Gasteiger partial charge >= 0.3 is 0 Å². The molecule has 0 radical (unpaired) electrons. The highest BCUT2D eigenvalue weighted by Gasteiger charge is 2.38. The summed E-state index contributed by atoms with van der Waals surface area (Å²) >= 11 is 0. The second kappa shape index (κ2) is 5.26. The van der Waals surface area contributed by atoms with E-state index in [1.807, 2.05) is 11.8 Å². The molecule has 3 atom stereocenters. The lowest BCUT2D eigenvalue weighted by Gasteiger charge is -2.38. The lowest BCUT2D eigenvalue weighted by Crippen LogP contribution is -2.49. The minimum Gasteiger partial charge on any atom is -0.396 e. The number of hydrogen-bond acceptors (Lipinski definition) is 3. The normalized spacial score (nSPS) is 33.1. The van der Waals surface area contributed by atoms with Gasteiger partial charge in [-0.3, -0.25) is 9.59 Å². The third-order valence-corrected chi connectivity index (χ3v) is 4.21. The van der Waals surface area contributed by atoms with Gasteiger partial charge in [-0.25, -0.2) is 0 Å². The van der Waals surface area contributed by atoms with Crippen molar-refractivity contribution in [1.82, 2.24) is 9.80 Å². The molecule has 2 aliphatic heterocycles. The molecule has 2 saturated heterocycles. The summed E-state index contributed by atoms with van der Waals surface area (Å²) in [6, 6.07) is 0.223. The van der Waals surface area contributed by atoms with Gasteiger partial charge in [0.05, 0.1) is 5.92 Å². The van der Waals surface area contributed by atoms with E-state index in [2.05, 4.69) is 0 Å². The monoisotopic (exact) mass is 254 g/mol. The van der Waals surface area contributed by atoms with Crippen LogP contribution in [-0.2, 0) is 9.59 Å². The number of hydrogen-bond donors (Lipinski definition) is 1. The van der Waals surface area contributed by atoms with Crippen molar-refractivity contribution in [2.45, 2.75) is 32.2 Å². The Labute approximate surface area is 108 Å². The fraction of sp³-hybridized carbons (Fsp3) is 0.846. The predicted molar refractivity (Wildman–Crippen MR) is 66.7 cm³/mol. The quantitative estimate of drug-likeness (QED) is 0.759. The number of carbonyl (C=O) groups is 2. The SMILES string of the molecule is CC1CCC(CO)CN1C(=O)C1CC(=O)N(C)C1. The van der Waals surface area contributed by atoms with E-state index in [0.29, 0.717) is 19.5 Å². The summed E-state index contributed by atoms with van der Waals surface area (Å²) in [6.07, 6.45) is 2.25. The highest BCUT2D eigenvalue weighted by atomic mass is 16.3. The van der Waals surface area contributed by atoms with Crippen molar-refractivity contribution >= 4 is 11.8 Å². The number of piperidine rings is 1. The van der Waals surface area contributed by atoms with Crippen LogP contribution >= 0.6 is 0 Å². The molecule has 2 fully saturated rings. The van der Waals surface area contributed by atoms with Crippen LogP contribution < -0.4 is 0 Å². The van der Waals surface area contributed by atoms with Gasteiger partial charge in [-0.15, -0.1) is 0 Å². The van der Waals surface area contributed by atoms with E-state index in [1.54, 1.807) is 11.9 Å². The molecular formula is C13H22N2O3. The van der Waals surface area contributed by atoms with Crippen LogP contribution in [-0.4, -0.2) is 59.5 Å². The van der Waals surface area contributed by atoms with E-state index in [9.17, 15) is 14.7 Å². The van der Waals surface area contributed by atoms with E-state index < -0.39 is 0 Å². The number of carbonyl (C=O) groups excluding carboxylic acids is 2. The van der Waals surface area contributed by atoms with Crippen LogP contribution in [0.2, 0.25) is 0 Å². The van der Waals surface area contributed by atoms with Gasteiger partial charge < -0.3 is 14.9 Å². The van der Waals surface area contributed by atoms with Crippen molar-refractivity contribution in [2.24, 2.45) is 11.8 Å². The Kier molecular flexibility index (Phi) is 3.90. The highest BCUT2D eigenvalue weighted by Crippen LogP contribution is 2.26. The third-order valence-electron chi connectivity index (χ3n) is 4.21. The zero-order valence-electron chi connectivity index (χ0n) is 11.1. The second-order valence-corrected chi connectivity index (χ2v) is 5.64. The maximum absolute atomic E-state index is 12.4. The molecular weight excluding hydrogens is 232 g/mol. The molecule has 102 valence electrons. The van der Waals surface area contributed by atoms with Crippen molar-refractivity contribution in [3.63, 3.8) is 0 Å². The molecule has 0 saturated carbocycles. The molecule has 18 heavy (non-hydrogen) atoms. The minimum atomic E-state index is -0.192. The average molecular weight is 254 g/mol. The van der Waals surface area contributed by atoms with E-state index >= 15 is 0 Å². The van der Waals surface area contributed by atoms with E-state index in [0.717, 1.165) is 12.8 Å². The van der Waals surface area contributed by atoms with Gasteiger partial charge in [-0.2, -0.15) is 0 Å². The maximum Gasteiger partial charge on any atom is 0.228 e. The smallest absolute Gasteiger partial charge is 0.228 e. The molecule has 1 N–H and O–H groups in total. The van der Waals surface area contributed by atoms with Crippen LogP contribution in [0.25, 0.3) is 0 Å². The van der Waals surface area contributed by atoms with Crippen LogP contribution in [0.15, 0.2) is 0 Å². The van der Waals surface area contributed by atoms with Gasteiger partial charge in [0, 0.05) is 39.2 Å². The first-order valence-corrected chi connectivity index (χ1v) is 6.68. The standard InChI is InChI=1S/C13H22N2O3/c1-9-3-4-10(8-16)6-15(9)13(18)11-5-12(17)14(2)7-11/h9-11,16H,3-8H2,1-2H3. The van der Waals surface area contributed by atoms with E-state index in [4.69, 9.17) is 0 Å². The van der Waals surface area contributed by atoms with Crippen molar-refractivity contribution in [2.75, 3.05) is 26.7 Å². The number of nitrogens with zero attached hydrogens (tertiary/aromatic N) is 2. The Morgan fingerprint density at radius 2 is 2.11 bits per heavy atom. The largest absolute Gasteiger partial charge is 0.396 e. The Balaban J connectivity index is 2.01. The lowest BCUT2D eigenvalue weighted by molar-refractivity contribution is -0.140. The number of rotatable bonds is 2. The molecule has 2 rings (SSSR count). The van der Waals surface area contributed by atoms with Crippen molar-refractivity contribution in [3.05, 3.63) is 0 Å². The molecule has 0 aromatic rings. The Bertz CT molecular complexity index is 345. The highest BCUT2D eigenvalue weighted by molar-refractivity contribution is 5.89. The van der Waals surface area contributed by atoms with Crippen molar-refractivity contribution in [3.8, 4) is 0 Å². The fourth-order valence-electron chi connectivity index (χ4n) is 2.90. The van der Waals surface area contributed by atoms with Gasteiger partial charge in [0.2, 0.25) is 11.8 Å². The Morgan fingerprint density at radius 1 is 1.39 bits per heavy atom. The predicted octanol–water partition coefficient (Wildman–Crippen LogP) is 0.0841. The maximum atomic E-state index is 12.4. The molecule has 3 unspecified atom stereocenters. The molecule has 0 aromatic carbocycles. The summed E-state index contributed by atoms with van der Waals surface area (Å²) < 4.78 is 0. The molecule has 2 amide bonds. The number of aliphatic hydroxyl groups is 1. The topological polar surface area (TPSA) is 60.9 Å². The molecule has 0 spiro atoms. The summed E-state index contributed by atoms with van der Waals surface area (Å²) in [4.78, 5) is 27.4. The van der Waals surface area contributed by atoms with Gasteiger partial charge in [-0.05, 0) is 25.7 Å². The zero-order chi connectivity index (χ0) is 13.3. The van der Waals surface area contributed by atoms with Gasteiger partial charge in [0.15, 0.2) is 0 Å². The number of likely N-dealkylation sites (tertiary alicyclic amines) is 2. The van der Waals surface area contributed by atoms with Crippen LogP contribution in [0.4, 0.5) is 0 Å². The molecule has 5 nitrogen and oxygen atoms in total. The molecule has 0 aliphatic carbocycles. The molecule has 0 bridgehead atoms. The summed E-state index contributed by atoms with van der Waals surface area (Å²) in [6.45, 7) is 3.35. The first kappa shape index (κ1) is 13.3. The number of amides is 2. The first-order valence-electron chi connectivity index (χ1n) is 6.68. The molecule has 0 aromatic heterocycles. The van der Waals surface area contributed by atoms with Crippen molar-refractivity contribution in [1.29, 1.82) is 0 Å². The zero-order valence-corrected chi connectivity index (χ0v) is 11.1.